The van der Waals surface area contributed by atoms with Crippen LogP contribution in [0.15, 0.2) is 0 Å². The molecule has 10 unspecified atom stereocenters. The third-order valence-corrected chi connectivity index (χ3v) is 6.09. The molecule has 0 aromatic rings. The summed E-state index contributed by atoms with van der Waals surface area (Å²) in [5.41, 5.74) is 0. The van der Waals surface area contributed by atoms with Crippen molar-refractivity contribution in [2.24, 2.45) is 11.8 Å². The third kappa shape index (κ3) is 24.4. The molecule has 0 aliphatic carbocycles. The molecule has 6 fully saturated rings. The van der Waals surface area contributed by atoms with Crippen LogP contribution in [0.4, 0.5) is 16.6 Å². The molecule has 0 aromatic carbocycles. The molecule has 51 heavy (non-hydrogen) atoms. The van der Waals surface area contributed by atoms with Gasteiger partial charge >= 0.3 is 133 Å². The molecular weight excluding hydrogens is 1350 g/mol. The molecule has 10 atom stereocenters. The number of halogens is 9. The molecule has 0 saturated carbocycles. The molecule has 6 heterocycles. The first-order valence-corrected chi connectivity index (χ1v) is 33.3. The van der Waals surface area contributed by atoms with Crippen LogP contribution in [0.3, 0.4) is 0 Å². The van der Waals surface area contributed by atoms with Crippen LogP contribution in [0, 0.1) is 11.8 Å². The van der Waals surface area contributed by atoms with Crippen LogP contribution in [0.1, 0.15) is 20.3 Å². The van der Waals surface area contributed by atoms with Gasteiger partial charge in [-0.2, -0.15) is 0 Å². The summed E-state index contributed by atoms with van der Waals surface area (Å²) in [6.07, 6.45) is -1.88. The Hall–Kier alpha value is 2.91. The van der Waals surface area contributed by atoms with Crippen LogP contribution in [0.2, 0.25) is 0 Å². The molecular formula is C20H28F4I5Na2O18S2-. The van der Waals surface area contributed by atoms with E-state index in [0.717, 1.165) is 7.11 Å². The number of carboxylic acid groups (broad SMARTS) is 1. The Balaban J connectivity index is -0.000000175. The molecule has 0 amide bonds. The zero-order chi connectivity index (χ0) is 38.2. The van der Waals surface area contributed by atoms with E-state index in [1.807, 2.05) is 0 Å². The molecule has 6 saturated heterocycles. The number of alkyl halides is 2. The minimum absolute atomic E-state index is 0. The van der Waals surface area contributed by atoms with Crippen molar-refractivity contribution < 1.29 is 173 Å². The molecule has 294 valence electrons. The summed E-state index contributed by atoms with van der Waals surface area (Å²) in [5, 5.41) is 23.8. The Morgan fingerprint density at radius 3 is 1.47 bits per heavy atom. The molecule has 6 rings (SSSR count). The maximum absolute atomic E-state index is 12.0. The first-order valence-electron chi connectivity index (χ1n) is 11.9. The monoisotopic (exact) mass is 1380 g/mol. The standard InChI is InChI=1S/C9H9FO5.C7H8O4.C2H3FO2.CH4O.CH4.2FHO3S.I3.I2.2Na/c10-2-5(11)14-7-4-1-3-6(13-4)8(7)15-9(3)12;8-4-3-1-2-5(10-3)6(4)11-7(2)9;3-1-2(4)5;1-2;;2*1-5(2,3)4;1-3-2;1-2;;/h3-4,6-8H,1-2H2;2-6,8H,1H2;1H2,(H,4,5);2H,1H3;1H4;2*(H,2,3,4);;;;/q;;;;;;;-1;;2*+1/p-2. The van der Waals surface area contributed by atoms with Gasteiger partial charge in [0.25, 0.3) is 21.0 Å². The van der Waals surface area contributed by atoms with Crippen molar-refractivity contribution in [1.82, 2.24) is 0 Å². The van der Waals surface area contributed by atoms with Crippen molar-refractivity contribution in [2.45, 2.75) is 69.1 Å². The number of fused-ring (bicyclic) bond motifs is 2. The average Bonchev–Trinajstić information content (AvgIpc) is 3.80. The van der Waals surface area contributed by atoms with Gasteiger partial charge in [0.2, 0.25) is 0 Å². The Morgan fingerprint density at radius 1 is 0.843 bits per heavy atom. The molecule has 0 spiro atoms. The van der Waals surface area contributed by atoms with Crippen molar-refractivity contribution in [2.75, 3.05) is 20.5 Å². The second-order valence-corrected chi connectivity index (χ2v) is 26.5. The van der Waals surface area contributed by atoms with E-state index in [1.54, 1.807) is 0 Å². The van der Waals surface area contributed by atoms with Crippen molar-refractivity contribution in [3.63, 3.8) is 0 Å². The maximum Gasteiger partial charge on any atom is 1.00 e. The quantitative estimate of drug-likeness (QED) is 0.0450. The molecule has 31 heteroatoms. The molecule has 3 N–H and O–H groups in total. The van der Waals surface area contributed by atoms with Gasteiger partial charge in [-0.25, -0.2) is 35.2 Å². The fourth-order valence-electron chi connectivity index (χ4n) is 4.82. The second kappa shape index (κ2) is 31.8. The summed E-state index contributed by atoms with van der Waals surface area (Å²) >= 11 is 9.54. The van der Waals surface area contributed by atoms with Gasteiger partial charge in [0.05, 0.1) is 24.0 Å². The number of aliphatic hydroxyl groups excluding tert-OH is 2. The van der Waals surface area contributed by atoms with Gasteiger partial charge in [-0.3, -0.25) is 9.59 Å². The molecule has 0 aromatic heterocycles. The van der Waals surface area contributed by atoms with Gasteiger partial charge in [-0.05, 0) is 12.8 Å². The van der Waals surface area contributed by atoms with Crippen LogP contribution < -0.4 is 72.4 Å². The predicted molar refractivity (Wildman–Crippen MR) is 181 cm³/mol. The zero-order valence-electron chi connectivity index (χ0n) is 25.3. The van der Waals surface area contributed by atoms with Crippen LogP contribution >= 0.6 is 74.5 Å². The van der Waals surface area contributed by atoms with E-state index in [9.17, 15) is 36.0 Å². The van der Waals surface area contributed by atoms with Crippen molar-refractivity contribution in [3.8, 4) is 0 Å². The van der Waals surface area contributed by atoms with Crippen molar-refractivity contribution in [3.05, 3.63) is 0 Å². The number of carbonyl (C=O) groups excluding carboxylic acids is 3. The number of aliphatic hydroxyl groups is 2. The summed E-state index contributed by atoms with van der Waals surface area (Å²) in [7, 11) is -9.83. The first kappa shape index (κ1) is 63.1. The SMILES string of the molecule is C.CO.II.I[I-]I.O=C(CF)OC1C2CC3C(=O)OC1C3O2.O=C(O)CF.O=C1OC2C(O)C3CC1C2O3.O=S(=O)([O-])F.O=S(=O)([O-])F.[Na+].[Na+]. The number of aliphatic carboxylic acids is 1. The summed E-state index contributed by atoms with van der Waals surface area (Å²) in [6, 6.07) is 0. The summed E-state index contributed by atoms with van der Waals surface area (Å²) in [5.74, 6) is -3.15. The van der Waals surface area contributed by atoms with E-state index >= 15 is 0 Å². The van der Waals surface area contributed by atoms with E-state index < -0.39 is 64.6 Å². The zero-order valence-corrected chi connectivity index (χ0v) is 41.7. The molecule has 0 radical (unpaired) electrons. The predicted octanol–water partition coefficient (Wildman–Crippen LogP) is -7.69. The average molecular weight is 1380 g/mol. The Labute approximate surface area is 387 Å². The molecule has 6 aliphatic heterocycles. The van der Waals surface area contributed by atoms with E-state index in [1.165, 1.54) is 0 Å². The molecule has 6 aliphatic rings. The Bertz CT molecular complexity index is 1220. The number of ether oxygens (including phenoxy) is 5. The smallest absolute Gasteiger partial charge is 0.722 e. The summed E-state index contributed by atoms with van der Waals surface area (Å²) in [4.78, 5) is 42.1. The topological polar surface area (TPSA) is 290 Å². The van der Waals surface area contributed by atoms with E-state index in [-0.39, 0.29) is 121 Å². The number of carboxylic acids is 1. The van der Waals surface area contributed by atoms with Crippen LogP contribution in [-0.2, 0) is 63.9 Å². The van der Waals surface area contributed by atoms with Crippen LogP contribution in [0.5, 0.6) is 0 Å². The van der Waals surface area contributed by atoms with Crippen LogP contribution in [-0.4, -0.2) is 134 Å². The Morgan fingerprint density at radius 2 is 1.16 bits per heavy atom. The summed E-state index contributed by atoms with van der Waals surface area (Å²) in [6.45, 7) is -2.45. The molecule has 4 bridgehead atoms. The normalized spacial score (nSPS) is 29.7. The van der Waals surface area contributed by atoms with E-state index in [4.69, 9.17) is 64.6 Å². The van der Waals surface area contributed by atoms with E-state index in [2.05, 4.69) is 74.5 Å². The number of hydrogen-bond donors (Lipinski definition) is 3. The van der Waals surface area contributed by atoms with Gasteiger partial charge in [0.1, 0.15) is 18.3 Å². The molecule has 18 nitrogen and oxygen atoms in total. The van der Waals surface area contributed by atoms with Crippen LogP contribution in [0.25, 0.3) is 0 Å². The van der Waals surface area contributed by atoms with Crippen molar-refractivity contribution in [1.29, 1.82) is 0 Å². The fraction of sp³-hybridized carbons (Fsp3) is 0.800. The van der Waals surface area contributed by atoms with Gasteiger partial charge in [-0.1, -0.05) is 7.43 Å². The third-order valence-electron chi connectivity index (χ3n) is 6.09. The van der Waals surface area contributed by atoms with Crippen molar-refractivity contribution >= 4 is 119 Å². The van der Waals surface area contributed by atoms with Gasteiger partial charge in [-0.15, -0.1) is 7.77 Å². The number of esters is 3. The number of hydrogen-bond acceptors (Lipinski definition) is 17. The Kier molecular flexibility index (Phi) is 39.4. The largest absolute Gasteiger partial charge is 1.00 e. The number of rotatable bonds is 3. The van der Waals surface area contributed by atoms with E-state index in [0.29, 0.717) is 26.1 Å². The van der Waals surface area contributed by atoms with Gasteiger partial charge in [0.15, 0.2) is 31.7 Å². The van der Waals surface area contributed by atoms with Gasteiger partial charge < -0.3 is 48.1 Å². The minimum Gasteiger partial charge on any atom is -0.722 e. The summed E-state index contributed by atoms with van der Waals surface area (Å²) < 4.78 is 119. The number of carbonyl (C=O) groups is 4. The first-order chi connectivity index (χ1) is 22.2. The van der Waals surface area contributed by atoms with Gasteiger partial charge in [0, 0.05) is 44.3 Å². The second-order valence-electron chi connectivity index (χ2n) is 8.71. The maximum atomic E-state index is 12.0. The minimum atomic E-state index is -5.42. The fourth-order valence-corrected chi connectivity index (χ4v) is 4.82.